The molecule has 3 amide bonds. The molecule has 6 heteroatoms. The zero-order valence-corrected chi connectivity index (χ0v) is 12.5. The molecule has 0 radical (unpaired) electrons. The first kappa shape index (κ1) is 15.3. The Bertz CT molecular complexity index is 337. The first-order valence-corrected chi connectivity index (χ1v) is 7.61. The van der Waals surface area contributed by atoms with Gasteiger partial charge in [0.1, 0.15) is 0 Å². The van der Waals surface area contributed by atoms with E-state index < -0.39 is 0 Å². The number of carbonyl (C=O) groups excluding carboxylic acids is 2. The van der Waals surface area contributed by atoms with Gasteiger partial charge in [0, 0.05) is 25.7 Å². The van der Waals surface area contributed by atoms with Crippen molar-refractivity contribution in [1.82, 2.24) is 20.4 Å². The van der Waals surface area contributed by atoms with Gasteiger partial charge in [0.25, 0.3) is 0 Å². The molecule has 2 N–H and O–H groups in total. The first-order valence-electron chi connectivity index (χ1n) is 7.61. The predicted molar refractivity (Wildman–Crippen MR) is 77.4 cm³/mol. The van der Waals surface area contributed by atoms with Crippen molar-refractivity contribution in [3.05, 3.63) is 0 Å². The summed E-state index contributed by atoms with van der Waals surface area (Å²) in [5, 5.41) is 6.00. The summed E-state index contributed by atoms with van der Waals surface area (Å²) >= 11 is 0. The van der Waals surface area contributed by atoms with Crippen LogP contribution in [0, 0.1) is 5.92 Å². The minimum Gasteiger partial charge on any atom is -0.329 e. The Labute approximate surface area is 120 Å². The number of amides is 3. The minimum absolute atomic E-state index is 0.113. The molecule has 1 unspecified atom stereocenters. The Morgan fingerprint density at radius 2 is 2.20 bits per heavy atom. The highest BCUT2D eigenvalue weighted by Gasteiger charge is 2.29. The van der Waals surface area contributed by atoms with E-state index >= 15 is 0 Å². The van der Waals surface area contributed by atoms with Crippen LogP contribution in [0.15, 0.2) is 0 Å². The van der Waals surface area contributed by atoms with Gasteiger partial charge < -0.3 is 10.6 Å². The fourth-order valence-corrected chi connectivity index (χ4v) is 2.88. The molecule has 2 rings (SSSR count). The van der Waals surface area contributed by atoms with Gasteiger partial charge in [0.2, 0.25) is 5.91 Å². The lowest BCUT2D eigenvalue weighted by molar-refractivity contribution is -0.125. The Hall–Kier alpha value is -1.14. The highest BCUT2D eigenvalue weighted by atomic mass is 16.2. The predicted octanol–water partition coefficient (Wildman–Crippen LogP) is 0.248. The summed E-state index contributed by atoms with van der Waals surface area (Å²) in [6, 6.07) is 0.177. The number of carbonyl (C=O) groups is 2. The number of piperidine rings is 1. The molecule has 1 atom stereocenters. The van der Waals surface area contributed by atoms with Gasteiger partial charge in [-0.15, -0.1) is 0 Å². The van der Waals surface area contributed by atoms with Crippen molar-refractivity contribution in [2.24, 2.45) is 5.92 Å². The average Bonchev–Trinajstić information content (AvgIpc) is 2.75. The molecule has 0 aliphatic carbocycles. The normalized spacial score (nSPS) is 23.8. The largest absolute Gasteiger partial charge is 0.329 e. The highest BCUT2D eigenvalue weighted by molar-refractivity contribution is 6.01. The SMILES string of the molecule is CC(C)N(CCN1C(=O)CNC1=O)CC1CCCNC1. The standard InChI is InChI=1S/C14H26N4O2/c1-11(2)17(10-12-4-3-5-15-8-12)6-7-18-13(19)9-16-14(18)20/h11-12,15H,3-10H2,1-2H3,(H,16,20). The van der Waals surface area contributed by atoms with Crippen LogP contribution in [0.5, 0.6) is 0 Å². The van der Waals surface area contributed by atoms with Gasteiger partial charge in [0.15, 0.2) is 0 Å². The van der Waals surface area contributed by atoms with Gasteiger partial charge in [-0.3, -0.25) is 14.6 Å². The molecule has 2 aliphatic heterocycles. The van der Waals surface area contributed by atoms with E-state index in [0.29, 0.717) is 18.5 Å². The number of urea groups is 1. The van der Waals surface area contributed by atoms with Crippen molar-refractivity contribution in [3.8, 4) is 0 Å². The van der Waals surface area contributed by atoms with Crippen LogP contribution < -0.4 is 10.6 Å². The zero-order chi connectivity index (χ0) is 14.5. The molecular formula is C14H26N4O2. The number of nitrogens with one attached hydrogen (secondary N) is 2. The summed E-state index contributed by atoms with van der Waals surface area (Å²) in [5.41, 5.74) is 0. The summed E-state index contributed by atoms with van der Waals surface area (Å²) < 4.78 is 0. The summed E-state index contributed by atoms with van der Waals surface area (Å²) in [4.78, 5) is 26.8. The number of imide groups is 1. The van der Waals surface area contributed by atoms with E-state index in [9.17, 15) is 9.59 Å². The molecule has 0 aromatic carbocycles. The lowest BCUT2D eigenvalue weighted by Gasteiger charge is -2.33. The number of hydrogen-bond donors (Lipinski definition) is 2. The van der Waals surface area contributed by atoms with Gasteiger partial charge in [-0.1, -0.05) is 0 Å². The van der Waals surface area contributed by atoms with Gasteiger partial charge in [-0.2, -0.15) is 0 Å². The molecule has 2 aliphatic rings. The molecule has 0 saturated carbocycles. The van der Waals surface area contributed by atoms with Crippen molar-refractivity contribution < 1.29 is 9.59 Å². The Morgan fingerprint density at radius 1 is 1.40 bits per heavy atom. The van der Waals surface area contributed by atoms with Crippen molar-refractivity contribution in [3.63, 3.8) is 0 Å². The highest BCUT2D eigenvalue weighted by Crippen LogP contribution is 2.13. The molecule has 2 fully saturated rings. The number of hydrogen-bond acceptors (Lipinski definition) is 4. The molecule has 0 aromatic rings. The summed E-state index contributed by atoms with van der Waals surface area (Å²) in [6.45, 7) is 8.97. The summed E-state index contributed by atoms with van der Waals surface area (Å²) in [5.74, 6) is 0.562. The maximum absolute atomic E-state index is 11.6. The number of rotatable bonds is 6. The average molecular weight is 282 g/mol. The Morgan fingerprint density at radius 3 is 2.75 bits per heavy atom. The third-order valence-corrected chi connectivity index (χ3v) is 4.17. The van der Waals surface area contributed by atoms with E-state index in [-0.39, 0.29) is 18.5 Å². The quantitative estimate of drug-likeness (QED) is 0.685. The maximum Gasteiger partial charge on any atom is 0.324 e. The van der Waals surface area contributed by atoms with E-state index in [1.54, 1.807) is 0 Å². The minimum atomic E-state index is -0.252. The molecule has 2 heterocycles. The van der Waals surface area contributed by atoms with Crippen LogP contribution in [0.1, 0.15) is 26.7 Å². The van der Waals surface area contributed by atoms with Gasteiger partial charge in [0.05, 0.1) is 6.54 Å². The van der Waals surface area contributed by atoms with Crippen molar-refractivity contribution in [2.75, 3.05) is 39.3 Å². The third-order valence-electron chi connectivity index (χ3n) is 4.17. The van der Waals surface area contributed by atoms with Crippen LogP contribution >= 0.6 is 0 Å². The second kappa shape index (κ2) is 7.04. The summed E-state index contributed by atoms with van der Waals surface area (Å²) in [6.07, 6.45) is 2.50. The van der Waals surface area contributed by atoms with Gasteiger partial charge >= 0.3 is 6.03 Å². The molecule has 0 spiro atoms. The molecular weight excluding hydrogens is 256 g/mol. The molecule has 2 saturated heterocycles. The summed E-state index contributed by atoms with van der Waals surface area (Å²) in [7, 11) is 0. The second-order valence-corrected chi connectivity index (χ2v) is 6.01. The Kier molecular flexibility index (Phi) is 5.37. The Balaban J connectivity index is 1.82. The molecule has 6 nitrogen and oxygen atoms in total. The molecule has 114 valence electrons. The third kappa shape index (κ3) is 3.93. The van der Waals surface area contributed by atoms with Crippen LogP contribution in [0.3, 0.4) is 0 Å². The van der Waals surface area contributed by atoms with Crippen molar-refractivity contribution >= 4 is 11.9 Å². The van der Waals surface area contributed by atoms with E-state index in [1.165, 1.54) is 17.7 Å². The molecule has 20 heavy (non-hydrogen) atoms. The molecule has 0 aromatic heterocycles. The van der Waals surface area contributed by atoms with Crippen molar-refractivity contribution in [1.29, 1.82) is 0 Å². The zero-order valence-electron chi connectivity index (χ0n) is 12.5. The lowest BCUT2D eigenvalue weighted by atomic mass is 9.98. The fourth-order valence-electron chi connectivity index (χ4n) is 2.88. The van der Waals surface area contributed by atoms with Crippen LogP contribution in [0.4, 0.5) is 4.79 Å². The van der Waals surface area contributed by atoms with Crippen LogP contribution in [0.2, 0.25) is 0 Å². The van der Waals surface area contributed by atoms with Crippen molar-refractivity contribution in [2.45, 2.75) is 32.7 Å². The van der Waals surface area contributed by atoms with Crippen LogP contribution in [-0.2, 0) is 4.79 Å². The first-order chi connectivity index (χ1) is 9.58. The second-order valence-electron chi connectivity index (χ2n) is 6.01. The van der Waals surface area contributed by atoms with Gasteiger partial charge in [-0.05, 0) is 45.7 Å². The van der Waals surface area contributed by atoms with E-state index in [0.717, 1.165) is 26.2 Å². The van der Waals surface area contributed by atoms with Crippen LogP contribution in [0.25, 0.3) is 0 Å². The van der Waals surface area contributed by atoms with Crippen LogP contribution in [-0.4, -0.2) is 67.0 Å². The number of nitrogens with zero attached hydrogens (tertiary/aromatic N) is 2. The monoisotopic (exact) mass is 282 g/mol. The lowest BCUT2D eigenvalue weighted by Crippen LogP contribution is -2.45. The molecule has 0 bridgehead atoms. The van der Waals surface area contributed by atoms with Gasteiger partial charge in [-0.25, -0.2) is 4.79 Å². The van der Waals surface area contributed by atoms with E-state index in [4.69, 9.17) is 0 Å². The van der Waals surface area contributed by atoms with E-state index in [1.807, 2.05) is 0 Å². The van der Waals surface area contributed by atoms with E-state index in [2.05, 4.69) is 29.4 Å². The fraction of sp³-hybridized carbons (Fsp3) is 0.857. The smallest absolute Gasteiger partial charge is 0.324 e. The maximum atomic E-state index is 11.6. The topological polar surface area (TPSA) is 64.7 Å².